The minimum Gasteiger partial charge on any atom is -0.336 e. The van der Waals surface area contributed by atoms with Crippen molar-refractivity contribution in [1.82, 2.24) is 4.90 Å². The topological polar surface area (TPSA) is 20.3 Å². The average Bonchev–Trinajstić information content (AvgIpc) is 2.15. The predicted molar refractivity (Wildman–Crippen MR) is 56.7 cm³/mol. The van der Waals surface area contributed by atoms with Crippen molar-refractivity contribution in [3.05, 3.63) is 29.8 Å². The first-order chi connectivity index (χ1) is 7.00. The first-order valence-electron chi connectivity index (χ1n) is 4.33. The normalized spacial score (nSPS) is 10.5. The molecule has 15 heavy (non-hydrogen) atoms. The molecule has 0 spiro atoms. The molecule has 1 aromatic carbocycles. The van der Waals surface area contributed by atoms with Gasteiger partial charge in [0, 0.05) is 17.5 Å². The SMILES string of the molecule is CN(CC(F)F)C(=O)c1cccc(S)c1. The summed E-state index contributed by atoms with van der Waals surface area (Å²) in [5, 5.41) is 0. The molecule has 0 aliphatic rings. The van der Waals surface area contributed by atoms with Gasteiger partial charge in [0.1, 0.15) is 0 Å². The quantitative estimate of drug-likeness (QED) is 0.791. The summed E-state index contributed by atoms with van der Waals surface area (Å²) in [4.78, 5) is 13.2. The van der Waals surface area contributed by atoms with Crippen molar-refractivity contribution < 1.29 is 13.6 Å². The van der Waals surface area contributed by atoms with Crippen LogP contribution >= 0.6 is 12.6 Å². The van der Waals surface area contributed by atoms with Crippen molar-refractivity contribution in [2.24, 2.45) is 0 Å². The molecule has 0 saturated heterocycles. The zero-order valence-corrected chi connectivity index (χ0v) is 9.05. The summed E-state index contributed by atoms with van der Waals surface area (Å²) in [5.41, 5.74) is 0.366. The van der Waals surface area contributed by atoms with Crippen LogP contribution < -0.4 is 0 Å². The van der Waals surface area contributed by atoms with Gasteiger partial charge in [0.25, 0.3) is 12.3 Å². The number of amides is 1. The molecule has 0 saturated carbocycles. The Balaban J connectivity index is 2.76. The Hall–Kier alpha value is -1.10. The molecule has 0 radical (unpaired) electrons. The molecule has 0 N–H and O–H groups in total. The lowest BCUT2D eigenvalue weighted by molar-refractivity contribution is 0.0620. The van der Waals surface area contributed by atoms with Gasteiger partial charge >= 0.3 is 0 Å². The number of nitrogens with zero attached hydrogens (tertiary/aromatic N) is 1. The van der Waals surface area contributed by atoms with Crippen molar-refractivity contribution in [2.45, 2.75) is 11.3 Å². The van der Waals surface area contributed by atoms with Crippen LogP contribution in [0.3, 0.4) is 0 Å². The second kappa shape index (κ2) is 5.11. The van der Waals surface area contributed by atoms with Crippen molar-refractivity contribution in [1.29, 1.82) is 0 Å². The van der Waals surface area contributed by atoms with Crippen LogP contribution in [0.1, 0.15) is 10.4 Å². The second-order valence-electron chi connectivity index (χ2n) is 3.13. The van der Waals surface area contributed by atoms with Gasteiger partial charge in [-0.25, -0.2) is 8.78 Å². The second-order valence-corrected chi connectivity index (χ2v) is 3.64. The summed E-state index contributed by atoms with van der Waals surface area (Å²) in [6, 6.07) is 6.50. The van der Waals surface area contributed by atoms with E-state index in [1.807, 2.05) is 0 Å². The van der Waals surface area contributed by atoms with Gasteiger partial charge in [0.05, 0.1) is 6.54 Å². The number of carbonyl (C=O) groups is 1. The van der Waals surface area contributed by atoms with Crippen LogP contribution in [0, 0.1) is 0 Å². The Labute approximate surface area is 92.3 Å². The Kier molecular flexibility index (Phi) is 4.08. The minimum atomic E-state index is -2.52. The number of alkyl halides is 2. The Morgan fingerprint density at radius 2 is 2.20 bits per heavy atom. The monoisotopic (exact) mass is 231 g/mol. The number of thiol groups is 1. The van der Waals surface area contributed by atoms with Crippen LogP contribution in [0.4, 0.5) is 8.78 Å². The molecular formula is C10H11F2NOS. The van der Waals surface area contributed by atoms with E-state index in [0.717, 1.165) is 4.90 Å². The van der Waals surface area contributed by atoms with E-state index >= 15 is 0 Å². The molecule has 0 unspecified atom stereocenters. The first kappa shape index (κ1) is 12.0. The van der Waals surface area contributed by atoms with E-state index in [9.17, 15) is 13.6 Å². The van der Waals surface area contributed by atoms with E-state index < -0.39 is 18.9 Å². The first-order valence-corrected chi connectivity index (χ1v) is 4.78. The van der Waals surface area contributed by atoms with Crippen LogP contribution in [0.2, 0.25) is 0 Å². The molecule has 2 nitrogen and oxygen atoms in total. The molecule has 0 atom stereocenters. The lowest BCUT2D eigenvalue weighted by Gasteiger charge is -2.16. The summed E-state index contributed by atoms with van der Waals surface area (Å²) in [6.45, 7) is -0.560. The van der Waals surface area contributed by atoms with E-state index in [-0.39, 0.29) is 0 Å². The highest BCUT2D eigenvalue weighted by molar-refractivity contribution is 7.80. The van der Waals surface area contributed by atoms with E-state index in [1.165, 1.54) is 7.05 Å². The van der Waals surface area contributed by atoms with Crippen LogP contribution in [0.5, 0.6) is 0 Å². The summed E-state index contributed by atoms with van der Waals surface area (Å²) in [7, 11) is 1.35. The molecule has 0 heterocycles. The molecule has 82 valence electrons. The molecule has 0 aliphatic carbocycles. The molecule has 0 aliphatic heterocycles. The van der Waals surface area contributed by atoms with Gasteiger partial charge < -0.3 is 4.90 Å². The van der Waals surface area contributed by atoms with Gasteiger partial charge in [-0.3, -0.25) is 4.79 Å². The third kappa shape index (κ3) is 3.51. The maximum Gasteiger partial charge on any atom is 0.255 e. The molecule has 1 rings (SSSR count). The van der Waals surface area contributed by atoms with Gasteiger partial charge in [0.15, 0.2) is 0 Å². The molecule has 5 heteroatoms. The zero-order valence-electron chi connectivity index (χ0n) is 8.15. The Bertz CT molecular complexity index is 357. The summed E-state index contributed by atoms with van der Waals surface area (Å²) in [6.07, 6.45) is -2.52. The van der Waals surface area contributed by atoms with Gasteiger partial charge in [-0.2, -0.15) is 0 Å². The average molecular weight is 231 g/mol. The van der Waals surface area contributed by atoms with Crippen molar-refractivity contribution in [3.8, 4) is 0 Å². The van der Waals surface area contributed by atoms with Gasteiger partial charge in [-0.1, -0.05) is 6.07 Å². The zero-order chi connectivity index (χ0) is 11.4. The standard InChI is InChI=1S/C10H11F2NOS/c1-13(6-9(11)12)10(14)7-3-2-4-8(15)5-7/h2-5,9,15H,6H2,1H3. The highest BCUT2D eigenvalue weighted by atomic mass is 32.1. The van der Waals surface area contributed by atoms with Crippen LogP contribution in [-0.2, 0) is 0 Å². The molecular weight excluding hydrogens is 220 g/mol. The fourth-order valence-corrected chi connectivity index (χ4v) is 1.37. The van der Waals surface area contributed by atoms with Crippen molar-refractivity contribution >= 4 is 18.5 Å². The number of rotatable bonds is 3. The van der Waals surface area contributed by atoms with Crippen molar-refractivity contribution in [2.75, 3.05) is 13.6 Å². The largest absolute Gasteiger partial charge is 0.336 e. The van der Waals surface area contributed by atoms with Crippen LogP contribution in [0.15, 0.2) is 29.2 Å². The molecule has 0 fully saturated rings. The third-order valence-electron chi connectivity index (χ3n) is 1.85. The fourth-order valence-electron chi connectivity index (χ4n) is 1.15. The van der Waals surface area contributed by atoms with Gasteiger partial charge in [-0.05, 0) is 18.2 Å². The van der Waals surface area contributed by atoms with Gasteiger partial charge in [-0.15, -0.1) is 12.6 Å². The number of carbonyl (C=O) groups excluding carboxylic acids is 1. The minimum absolute atomic E-state index is 0.366. The molecule has 0 aromatic heterocycles. The summed E-state index contributed by atoms with van der Waals surface area (Å²) >= 11 is 4.07. The Morgan fingerprint density at radius 1 is 1.53 bits per heavy atom. The lowest BCUT2D eigenvalue weighted by atomic mass is 10.2. The van der Waals surface area contributed by atoms with E-state index in [2.05, 4.69) is 12.6 Å². The number of hydrogen-bond acceptors (Lipinski definition) is 2. The van der Waals surface area contributed by atoms with E-state index in [1.54, 1.807) is 24.3 Å². The lowest BCUT2D eigenvalue weighted by Crippen LogP contribution is -2.31. The molecule has 0 bridgehead atoms. The molecule has 1 aromatic rings. The smallest absolute Gasteiger partial charge is 0.255 e. The molecule has 1 amide bonds. The van der Waals surface area contributed by atoms with E-state index in [4.69, 9.17) is 0 Å². The van der Waals surface area contributed by atoms with Gasteiger partial charge in [0.2, 0.25) is 0 Å². The fraction of sp³-hybridized carbons (Fsp3) is 0.300. The maximum absolute atomic E-state index is 12.0. The van der Waals surface area contributed by atoms with Crippen molar-refractivity contribution in [3.63, 3.8) is 0 Å². The number of halogens is 2. The highest BCUT2D eigenvalue weighted by Gasteiger charge is 2.15. The highest BCUT2D eigenvalue weighted by Crippen LogP contribution is 2.11. The summed E-state index contributed by atoms with van der Waals surface area (Å²) in [5.74, 6) is -0.425. The summed E-state index contributed by atoms with van der Waals surface area (Å²) < 4.78 is 24.1. The van der Waals surface area contributed by atoms with Crippen LogP contribution in [0.25, 0.3) is 0 Å². The number of benzene rings is 1. The third-order valence-corrected chi connectivity index (χ3v) is 2.13. The van der Waals surface area contributed by atoms with Crippen LogP contribution in [-0.4, -0.2) is 30.8 Å². The Morgan fingerprint density at radius 3 is 2.73 bits per heavy atom. The maximum atomic E-state index is 12.0. The van der Waals surface area contributed by atoms with E-state index in [0.29, 0.717) is 10.5 Å². The predicted octanol–water partition coefficient (Wildman–Crippen LogP) is 2.31. The number of hydrogen-bond donors (Lipinski definition) is 1.